The van der Waals surface area contributed by atoms with E-state index in [0.29, 0.717) is 19.3 Å². The molecule has 0 aromatic rings. The summed E-state index contributed by atoms with van der Waals surface area (Å²) in [6, 6.07) is 0. The molecule has 4 heteroatoms. The van der Waals surface area contributed by atoms with E-state index in [4.69, 9.17) is 4.74 Å². The minimum Gasteiger partial charge on any atom is -0.461 e. The topological polar surface area (TPSA) is 66.8 Å². The monoisotopic (exact) mass is 474 g/mol. The Morgan fingerprint density at radius 1 is 0.971 bits per heavy atom. The van der Waals surface area contributed by atoms with Gasteiger partial charge in [0, 0.05) is 30.1 Å². The van der Waals surface area contributed by atoms with Gasteiger partial charge in [-0.2, -0.15) is 0 Å². The third-order valence-electron chi connectivity index (χ3n) is 7.05. The van der Waals surface area contributed by atoms with Gasteiger partial charge in [0.1, 0.15) is 6.10 Å². The number of hydrogen-bond acceptors (Lipinski definition) is 4. The maximum Gasteiger partial charge on any atom is 0.306 e. The summed E-state index contributed by atoms with van der Waals surface area (Å²) in [6.07, 6.45) is 21.9. The molecule has 1 aliphatic heterocycles. The number of aliphatic hydroxyl groups excluding tert-OH is 2. The fourth-order valence-electron chi connectivity index (χ4n) is 4.58. The second-order valence-corrected chi connectivity index (χ2v) is 10.2. The van der Waals surface area contributed by atoms with Crippen LogP contribution in [0.15, 0.2) is 49.1 Å². The van der Waals surface area contributed by atoms with Gasteiger partial charge in [0.05, 0.1) is 12.2 Å². The summed E-state index contributed by atoms with van der Waals surface area (Å²) in [5, 5.41) is 21.5. The molecule has 1 aliphatic rings. The molecule has 1 rings (SSSR count). The highest BCUT2D eigenvalue weighted by molar-refractivity contribution is 5.69. The van der Waals surface area contributed by atoms with Crippen molar-refractivity contribution < 1.29 is 19.7 Å². The van der Waals surface area contributed by atoms with Crippen LogP contribution in [-0.2, 0) is 9.53 Å². The molecular formula is C30H50O4. The van der Waals surface area contributed by atoms with Crippen LogP contribution in [0.25, 0.3) is 0 Å². The molecule has 0 saturated heterocycles. The number of cyclic esters (lactones) is 1. The number of hydrogen-bond donors (Lipinski definition) is 2. The Morgan fingerprint density at radius 2 is 1.56 bits per heavy atom. The Hall–Kier alpha value is -1.65. The smallest absolute Gasteiger partial charge is 0.306 e. The predicted molar refractivity (Wildman–Crippen MR) is 142 cm³/mol. The molecule has 0 aliphatic carbocycles. The number of ether oxygens (including phenoxy) is 1. The molecule has 0 spiro atoms. The Kier molecular flexibility index (Phi) is 15.8. The van der Waals surface area contributed by atoms with Gasteiger partial charge in [0.15, 0.2) is 0 Å². The minimum atomic E-state index is -0.582. The molecule has 0 fully saturated rings. The molecule has 0 amide bonds. The van der Waals surface area contributed by atoms with E-state index in [0.717, 1.165) is 32.1 Å². The summed E-state index contributed by atoms with van der Waals surface area (Å²) in [4.78, 5) is 12.6. The van der Waals surface area contributed by atoms with E-state index in [1.807, 2.05) is 45.1 Å². The van der Waals surface area contributed by atoms with Crippen LogP contribution in [0.3, 0.4) is 0 Å². The van der Waals surface area contributed by atoms with Gasteiger partial charge in [-0.25, -0.2) is 0 Å². The zero-order chi connectivity index (χ0) is 25.3. The van der Waals surface area contributed by atoms with Gasteiger partial charge in [0.25, 0.3) is 0 Å². The van der Waals surface area contributed by atoms with E-state index in [9.17, 15) is 15.0 Å². The van der Waals surface area contributed by atoms with Crippen molar-refractivity contribution in [1.82, 2.24) is 0 Å². The van der Waals surface area contributed by atoms with Crippen molar-refractivity contribution in [2.75, 3.05) is 0 Å². The number of carbonyl (C=O) groups excluding carboxylic acids is 1. The van der Waals surface area contributed by atoms with Gasteiger partial charge in [0.2, 0.25) is 0 Å². The fourth-order valence-corrected chi connectivity index (χ4v) is 4.58. The van der Waals surface area contributed by atoms with Crippen LogP contribution in [0, 0.1) is 23.7 Å². The van der Waals surface area contributed by atoms with Crippen molar-refractivity contribution in [1.29, 1.82) is 0 Å². The lowest BCUT2D eigenvalue weighted by molar-refractivity contribution is -0.156. The first-order valence-electron chi connectivity index (χ1n) is 13.5. The van der Waals surface area contributed by atoms with Crippen LogP contribution in [0.2, 0.25) is 0 Å². The molecule has 0 saturated carbocycles. The van der Waals surface area contributed by atoms with E-state index in [-0.39, 0.29) is 35.7 Å². The van der Waals surface area contributed by atoms with Crippen LogP contribution in [0.5, 0.6) is 0 Å². The first-order valence-corrected chi connectivity index (χ1v) is 13.5. The molecule has 0 bridgehead atoms. The summed E-state index contributed by atoms with van der Waals surface area (Å²) in [5.41, 5.74) is 0. The zero-order valence-electron chi connectivity index (χ0n) is 22.1. The van der Waals surface area contributed by atoms with Gasteiger partial charge >= 0.3 is 5.97 Å². The Balaban J connectivity index is 2.89. The number of esters is 1. The van der Waals surface area contributed by atoms with Crippen molar-refractivity contribution in [3.8, 4) is 0 Å². The Labute approximate surface area is 208 Å². The molecule has 1 heterocycles. The average molecular weight is 475 g/mol. The highest BCUT2D eigenvalue weighted by atomic mass is 16.5. The summed E-state index contributed by atoms with van der Waals surface area (Å²) >= 11 is 0. The van der Waals surface area contributed by atoms with E-state index >= 15 is 0 Å². The lowest BCUT2D eigenvalue weighted by Crippen LogP contribution is -2.37. The molecule has 0 aromatic carbocycles. The van der Waals surface area contributed by atoms with E-state index in [1.165, 1.54) is 12.8 Å². The lowest BCUT2D eigenvalue weighted by atomic mass is 9.86. The molecule has 194 valence electrons. The van der Waals surface area contributed by atoms with E-state index in [2.05, 4.69) is 25.7 Å². The largest absolute Gasteiger partial charge is 0.461 e. The third kappa shape index (κ3) is 12.2. The molecule has 0 unspecified atom stereocenters. The number of allylic oxidation sites excluding steroid dienone is 4. The zero-order valence-corrected chi connectivity index (χ0v) is 22.1. The standard InChI is InChI=1S/C30H50O4/c1-6-7-18-25(4)30-26(5)27(31)21-17-16-20-24(3)29(33)23(2)19-14-12-10-8-9-11-13-15-22-28(32)34-30/h6-7,14,16,18-20,23-27,29-31,33H,1,8-13,15,17,21-22H2,2-5H3/b18-7?,19-14+,20-16+/t23-,24-,25-,26+,27+,29-,30+/m0/s1. The van der Waals surface area contributed by atoms with E-state index < -0.39 is 12.2 Å². The summed E-state index contributed by atoms with van der Waals surface area (Å²) in [7, 11) is 0. The third-order valence-corrected chi connectivity index (χ3v) is 7.05. The van der Waals surface area contributed by atoms with Crippen LogP contribution in [-0.4, -0.2) is 34.5 Å². The SMILES string of the molecule is C=CC=C[C@H](C)[C@H]1OC(=O)CCCCCCCC/C=C/[C@H](C)[C@H](O)[C@@H](C)/C=C/CC[C@@H](O)[C@H]1C. The van der Waals surface area contributed by atoms with Crippen molar-refractivity contribution >= 4 is 5.97 Å². The van der Waals surface area contributed by atoms with Crippen molar-refractivity contribution in [3.63, 3.8) is 0 Å². The Morgan fingerprint density at radius 3 is 2.21 bits per heavy atom. The predicted octanol–water partition coefficient (Wildman–Crippen LogP) is 6.93. The molecule has 0 radical (unpaired) electrons. The number of rotatable bonds is 3. The van der Waals surface area contributed by atoms with Crippen LogP contribution in [0.1, 0.15) is 91.9 Å². The van der Waals surface area contributed by atoms with Crippen molar-refractivity contribution in [3.05, 3.63) is 49.1 Å². The van der Waals surface area contributed by atoms with E-state index in [1.54, 1.807) is 6.08 Å². The lowest BCUT2D eigenvalue weighted by Gasteiger charge is -2.31. The van der Waals surface area contributed by atoms with Gasteiger partial charge in [-0.1, -0.05) is 102 Å². The van der Waals surface area contributed by atoms with Gasteiger partial charge in [-0.15, -0.1) is 0 Å². The van der Waals surface area contributed by atoms with Crippen LogP contribution in [0.4, 0.5) is 0 Å². The van der Waals surface area contributed by atoms with Crippen molar-refractivity contribution in [2.45, 2.75) is 110 Å². The maximum atomic E-state index is 12.6. The first-order chi connectivity index (χ1) is 16.3. The van der Waals surface area contributed by atoms with Gasteiger partial charge in [-0.05, 0) is 32.1 Å². The molecular weight excluding hydrogens is 424 g/mol. The molecule has 7 atom stereocenters. The minimum absolute atomic E-state index is 0.0163. The maximum absolute atomic E-state index is 12.6. The van der Waals surface area contributed by atoms with Crippen molar-refractivity contribution in [2.24, 2.45) is 23.7 Å². The quantitative estimate of drug-likeness (QED) is 0.264. The van der Waals surface area contributed by atoms with Gasteiger partial charge < -0.3 is 14.9 Å². The van der Waals surface area contributed by atoms with Crippen LogP contribution >= 0.6 is 0 Å². The summed E-state index contributed by atoms with van der Waals surface area (Å²) in [6.45, 7) is 11.8. The highest BCUT2D eigenvalue weighted by Crippen LogP contribution is 2.25. The fraction of sp³-hybridized carbons (Fsp3) is 0.700. The van der Waals surface area contributed by atoms with Gasteiger partial charge in [-0.3, -0.25) is 4.79 Å². The Bertz CT molecular complexity index is 650. The molecule has 2 N–H and O–H groups in total. The summed E-state index contributed by atoms with van der Waals surface area (Å²) in [5.74, 6) is -0.217. The molecule has 0 aromatic heterocycles. The normalized spacial score (nSPS) is 34.8. The number of aliphatic hydroxyl groups is 2. The first kappa shape index (κ1) is 30.4. The molecule has 34 heavy (non-hydrogen) atoms. The summed E-state index contributed by atoms with van der Waals surface area (Å²) < 4.78 is 5.90. The number of carbonyl (C=O) groups is 1. The highest BCUT2D eigenvalue weighted by Gasteiger charge is 2.30. The molecule has 4 nitrogen and oxygen atoms in total. The average Bonchev–Trinajstić information content (AvgIpc) is 2.82. The second-order valence-electron chi connectivity index (χ2n) is 10.2. The second kappa shape index (κ2) is 17.7. The van der Waals surface area contributed by atoms with Crippen LogP contribution < -0.4 is 0 Å².